The van der Waals surface area contributed by atoms with E-state index in [2.05, 4.69) is 15.6 Å². The highest BCUT2D eigenvalue weighted by molar-refractivity contribution is 7.98. The lowest BCUT2D eigenvalue weighted by molar-refractivity contribution is -0.124. The minimum atomic E-state index is -0.0671. The van der Waals surface area contributed by atoms with Crippen LogP contribution in [0.2, 0.25) is 0 Å². The SMILES string of the molecule is CSC[C@@H](C)C(=O)NCc1ccnc(NC(=O)[C@H](C)CSC)c1. The van der Waals surface area contributed by atoms with Crippen molar-refractivity contribution in [3.05, 3.63) is 23.9 Å². The third-order valence-corrected chi connectivity index (χ3v) is 4.94. The lowest BCUT2D eigenvalue weighted by atomic mass is 10.2. The zero-order valence-corrected chi connectivity index (χ0v) is 15.7. The van der Waals surface area contributed by atoms with Crippen LogP contribution in [0.1, 0.15) is 19.4 Å². The number of rotatable bonds is 9. The number of anilines is 1. The van der Waals surface area contributed by atoms with Gasteiger partial charge in [0.2, 0.25) is 11.8 Å². The molecule has 0 aromatic carbocycles. The number of amides is 2. The number of nitrogens with one attached hydrogen (secondary N) is 2. The minimum absolute atomic E-state index is 0.0154. The Hall–Kier alpha value is -1.21. The van der Waals surface area contributed by atoms with E-state index < -0.39 is 0 Å². The summed E-state index contributed by atoms with van der Waals surface area (Å²) in [6.45, 7) is 4.24. The fourth-order valence-corrected chi connectivity index (χ4v) is 3.22. The highest BCUT2D eigenvalue weighted by Gasteiger charge is 2.14. The number of thioether (sulfide) groups is 2. The van der Waals surface area contributed by atoms with Crippen LogP contribution in [0.3, 0.4) is 0 Å². The normalized spacial score (nSPS) is 13.2. The fraction of sp³-hybridized carbons (Fsp3) is 0.562. The first kappa shape index (κ1) is 19.8. The predicted molar refractivity (Wildman–Crippen MR) is 99.8 cm³/mol. The van der Waals surface area contributed by atoms with E-state index in [0.717, 1.165) is 17.1 Å². The van der Waals surface area contributed by atoms with Gasteiger partial charge in [0.05, 0.1) is 0 Å². The number of carbonyl (C=O) groups is 2. The molecule has 0 bridgehead atoms. The quantitative estimate of drug-likeness (QED) is 0.712. The molecule has 0 aliphatic heterocycles. The van der Waals surface area contributed by atoms with Crippen molar-refractivity contribution in [1.29, 1.82) is 0 Å². The highest BCUT2D eigenvalue weighted by Crippen LogP contribution is 2.11. The fourth-order valence-electron chi connectivity index (χ4n) is 1.92. The number of aromatic nitrogens is 1. The molecule has 5 nitrogen and oxygen atoms in total. The van der Waals surface area contributed by atoms with Gasteiger partial charge in [0.1, 0.15) is 5.82 Å². The molecule has 1 rings (SSSR count). The monoisotopic (exact) mass is 355 g/mol. The van der Waals surface area contributed by atoms with Crippen molar-refractivity contribution in [3.8, 4) is 0 Å². The second-order valence-corrected chi connectivity index (χ2v) is 7.29. The van der Waals surface area contributed by atoms with Crippen LogP contribution in [0.5, 0.6) is 0 Å². The summed E-state index contributed by atoms with van der Waals surface area (Å²) >= 11 is 3.29. The third-order valence-electron chi connectivity index (χ3n) is 3.27. The second-order valence-electron chi connectivity index (χ2n) is 5.47. The van der Waals surface area contributed by atoms with Crippen LogP contribution in [0.4, 0.5) is 5.82 Å². The molecular formula is C16H25N3O2S2. The van der Waals surface area contributed by atoms with E-state index in [4.69, 9.17) is 0 Å². The van der Waals surface area contributed by atoms with Gasteiger partial charge in [-0.3, -0.25) is 9.59 Å². The lowest BCUT2D eigenvalue weighted by Gasteiger charge is -2.13. The van der Waals surface area contributed by atoms with Crippen LogP contribution in [-0.2, 0) is 16.1 Å². The number of hydrogen-bond acceptors (Lipinski definition) is 5. The van der Waals surface area contributed by atoms with Gasteiger partial charge in [0.25, 0.3) is 0 Å². The summed E-state index contributed by atoms with van der Waals surface area (Å²) in [5.41, 5.74) is 0.914. The van der Waals surface area contributed by atoms with Crippen LogP contribution in [0.25, 0.3) is 0 Å². The maximum atomic E-state index is 12.0. The molecule has 0 aliphatic carbocycles. The Morgan fingerprint density at radius 1 is 1.13 bits per heavy atom. The van der Waals surface area contributed by atoms with Gasteiger partial charge in [-0.25, -0.2) is 4.98 Å². The average Bonchev–Trinajstić information content (AvgIpc) is 2.53. The summed E-state index contributed by atoms with van der Waals surface area (Å²) in [5, 5.41) is 5.73. The summed E-state index contributed by atoms with van der Waals surface area (Å²) < 4.78 is 0. The lowest BCUT2D eigenvalue weighted by Crippen LogP contribution is -2.30. The van der Waals surface area contributed by atoms with Gasteiger partial charge in [0.15, 0.2) is 0 Å². The van der Waals surface area contributed by atoms with Crippen molar-refractivity contribution < 1.29 is 9.59 Å². The Morgan fingerprint density at radius 2 is 1.74 bits per heavy atom. The van der Waals surface area contributed by atoms with Crippen molar-refractivity contribution in [3.63, 3.8) is 0 Å². The number of carbonyl (C=O) groups excluding carboxylic acids is 2. The van der Waals surface area contributed by atoms with Crippen LogP contribution in [0.15, 0.2) is 18.3 Å². The van der Waals surface area contributed by atoms with E-state index in [9.17, 15) is 9.59 Å². The van der Waals surface area contributed by atoms with Crippen molar-refractivity contribution in [2.75, 3.05) is 29.3 Å². The molecular weight excluding hydrogens is 330 g/mol. The molecule has 0 spiro atoms. The Morgan fingerprint density at radius 3 is 2.35 bits per heavy atom. The first-order valence-corrected chi connectivity index (χ1v) is 10.3. The molecule has 0 aliphatic rings. The highest BCUT2D eigenvalue weighted by atomic mass is 32.2. The molecule has 1 heterocycles. The Kier molecular flexibility index (Phi) is 9.09. The molecule has 0 unspecified atom stereocenters. The first-order valence-electron chi connectivity index (χ1n) is 7.49. The maximum Gasteiger partial charge on any atom is 0.229 e. The Labute approximate surface area is 146 Å². The average molecular weight is 356 g/mol. The zero-order chi connectivity index (χ0) is 17.2. The molecule has 0 saturated heterocycles. The van der Waals surface area contributed by atoms with Crippen LogP contribution in [0, 0.1) is 11.8 Å². The van der Waals surface area contributed by atoms with Gasteiger partial charge < -0.3 is 10.6 Å². The van der Waals surface area contributed by atoms with Crippen molar-refractivity contribution >= 4 is 41.2 Å². The van der Waals surface area contributed by atoms with E-state index >= 15 is 0 Å². The molecule has 0 saturated carbocycles. The molecule has 23 heavy (non-hydrogen) atoms. The Balaban J connectivity index is 2.56. The van der Waals surface area contributed by atoms with Crippen LogP contribution in [-0.4, -0.2) is 40.8 Å². The van der Waals surface area contributed by atoms with Crippen molar-refractivity contribution in [2.45, 2.75) is 20.4 Å². The van der Waals surface area contributed by atoms with Crippen LogP contribution < -0.4 is 10.6 Å². The molecule has 1 aromatic heterocycles. The maximum absolute atomic E-state index is 12.0. The van der Waals surface area contributed by atoms with Crippen molar-refractivity contribution in [2.24, 2.45) is 11.8 Å². The summed E-state index contributed by atoms with van der Waals surface area (Å²) in [5.74, 6) is 2.01. The minimum Gasteiger partial charge on any atom is -0.352 e. The molecule has 7 heteroatoms. The van der Waals surface area contributed by atoms with E-state index in [-0.39, 0.29) is 23.7 Å². The summed E-state index contributed by atoms with van der Waals surface area (Å²) in [4.78, 5) is 28.1. The van der Waals surface area contributed by atoms with E-state index in [1.807, 2.05) is 32.4 Å². The van der Waals surface area contributed by atoms with E-state index in [1.165, 1.54) is 0 Å². The second kappa shape index (κ2) is 10.5. The molecule has 0 radical (unpaired) electrons. The predicted octanol–water partition coefficient (Wildman–Crippen LogP) is 2.63. The smallest absolute Gasteiger partial charge is 0.229 e. The molecule has 0 fully saturated rings. The van der Waals surface area contributed by atoms with Gasteiger partial charge in [-0.05, 0) is 30.2 Å². The van der Waals surface area contributed by atoms with E-state index in [1.54, 1.807) is 35.8 Å². The van der Waals surface area contributed by atoms with Crippen molar-refractivity contribution in [1.82, 2.24) is 10.3 Å². The molecule has 1 aromatic rings. The van der Waals surface area contributed by atoms with Gasteiger partial charge in [-0.2, -0.15) is 23.5 Å². The topological polar surface area (TPSA) is 71.1 Å². The number of hydrogen-bond donors (Lipinski definition) is 2. The van der Waals surface area contributed by atoms with Gasteiger partial charge >= 0.3 is 0 Å². The Bertz CT molecular complexity index is 526. The van der Waals surface area contributed by atoms with Gasteiger partial charge in [0, 0.05) is 36.1 Å². The number of nitrogens with zero attached hydrogens (tertiary/aromatic N) is 1. The summed E-state index contributed by atoms with van der Waals surface area (Å²) in [6.07, 6.45) is 5.60. The van der Waals surface area contributed by atoms with Crippen LogP contribution >= 0.6 is 23.5 Å². The molecule has 128 valence electrons. The first-order chi connectivity index (χ1) is 11.0. The number of pyridine rings is 1. The molecule has 2 N–H and O–H groups in total. The zero-order valence-electron chi connectivity index (χ0n) is 14.1. The molecule has 2 atom stereocenters. The standard InChI is InChI=1S/C16H25N3O2S2/c1-11(9-22-3)15(20)18-8-13-5-6-17-14(7-13)19-16(21)12(2)10-23-4/h5-7,11-12H,8-10H2,1-4H3,(H,18,20)(H,17,19,21)/t11-,12-/m1/s1. The largest absolute Gasteiger partial charge is 0.352 e. The summed E-state index contributed by atoms with van der Waals surface area (Å²) in [6, 6.07) is 3.63. The third kappa shape index (κ3) is 7.26. The molecule has 2 amide bonds. The van der Waals surface area contributed by atoms with E-state index in [0.29, 0.717) is 12.4 Å². The summed E-state index contributed by atoms with van der Waals surface area (Å²) in [7, 11) is 0. The van der Waals surface area contributed by atoms with Gasteiger partial charge in [-0.1, -0.05) is 13.8 Å². The van der Waals surface area contributed by atoms with Gasteiger partial charge in [-0.15, -0.1) is 0 Å².